The highest BCUT2D eigenvalue weighted by atomic mass is 16.6. The third-order valence-corrected chi connectivity index (χ3v) is 5.57. The number of carbonyl (C=O) groups is 2. The standard InChI is InChI=1S/C17H22N6O5/c1-19-14-13(15(25)20(2)16(19)26)22(10-18-14)9-12(24)21-5-3-11(4-6-21)23-7-8-28-17(23)27/h10-11H,3-9H2,1-2H3. The molecule has 2 aliphatic rings. The summed E-state index contributed by atoms with van der Waals surface area (Å²) in [5, 5.41) is 0. The van der Waals surface area contributed by atoms with Gasteiger partial charge in [0.2, 0.25) is 5.91 Å². The summed E-state index contributed by atoms with van der Waals surface area (Å²) >= 11 is 0. The average Bonchev–Trinajstić information content (AvgIpc) is 3.31. The Bertz CT molecular complexity index is 1060. The maximum Gasteiger partial charge on any atom is 0.410 e. The molecular weight excluding hydrogens is 368 g/mol. The molecule has 2 aromatic rings. The molecule has 0 aromatic carbocycles. The van der Waals surface area contributed by atoms with Gasteiger partial charge in [0.15, 0.2) is 11.2 Å². The first-order chi connectivity index (χ1) is 13.4. The van der Waals surface area contributed by atoms with Gasteiger partial charge in [-0.05, 0) is 12.8 Å². The second-order valence-corrected chi connectivity index (χ2v) is 7.17. The maximum atomic E-state index is 12.7. The summed E-state index contributed by atoms with van der Waals surface area (Å²) in [5.41, 5.74) is -0.453. The molecule has 150 valence electrons. The number of imidazole rings is 1. The van der Waals surface area contributed by atoms with Gasteiger partial charge in [-0.3, -0.25) is 18.7 Å². The van der Waals surface area contributed by atoms with Crippen LogP contribution in [-0.4, -0.2) is 72.8 Å². The van der Waals surface area contributed by atoms with Gasteiger partial charge in [0.25, 0.3) is 5.56 Å². The van der Waals surface area contributed by atoms with Crippen molar-refractivity contribution < 1.29 is 14.3 Å². The molecule has 0 bridgehead atoms. The lowest BCUT2D eigenvalue weighted by molar-refractivity contribution is -0.133. The van der Waals surface area contributed by atoms with Crippen LogP contribution < -0.4 is 11.2 Å². The first-order valence-corrected chi connectivity index (χ1v) is 9.20. The molecule has 0 atom stereocenters. The highest BCUT2D eigenvalue weighted by Gasteiger charge is 2.33. The van der Waals surface area contributed by atoms with Gasteiger partial charge < -0.3 is 19.1 Å². The number of aryl methyl sites for hydroxylation is 1. The molecule has 0 N–H and O–H groups in total. The Labute approximate surface area is 159 Å². The van der Waals surface area contributed by atoms with E-state index in [0.29, 0.717) is 39.1 Å². The molecule has 0 spiro atoms. The Morgan fingerprint density at radius 1 is 1.14 bits per heavy atom. The van der Waals surface area contributed by atoms with Crippen molar-refractivity contribution >= 4 is 23.2 Å². The topological polar surface area (TPSA) is 112 Å². The van der Waals surface area contributed by atoms with Crippen molar-refractivity contribution in [2.75, 3.05) is 26.2 Å². The molecular formula is C17H22N6O5. The number of cyclic esters (lactones) is 1. The Morgan fingerprint density at radius 2 is 1.86 bits per heavy atom. The third-order valence-electron chi connectivity index (χ3n) is 5.57. The molecule has 4 heterocycles. The zero-order valence-corrected chi connectivity index (χ0v) is 15.8. The molecule has 4 rings (SSSR count). The van der Waals surface area contributed by atoms with E-state index in [-0.39, 0.29) is 35.8 Å². The minimum absolute atomic E-state index is 0.0274. The van der Waals surface area contributed by atoms with Gasteiger partial charge in [0.05, 0.1) is 12.9 Å². The summed E-state index contributed by atoms with van der Waals surface area (Å²) in [5.74, 6) is -0.127. The van der Waals surface area contributed by atoms with E-state index in [1.165, 1.54) is 29.6 Å². The van der Waals surface area contributed by atoms with Crippen LogP contribution in [0.15, 0.2) is 15.9 Å². The number of amides is 2. The van der Waals surface area contributed by atoms with Crippen LogP contribution in [0, 0.1) is 0 Å². The van der Waals surface area contributed by atoms with Crippen LogP contribution in [0.1, 0.15) is 12.8 Å². The van der Waals surface area contributed by atoms with E-state index in [1.807, 2.05) is 0 Å². The second kappa shape index (κ2) is 6.80. The lowest BCUT2D eigenvalue weighted by Gasteiger charge is -2.35. The van der Waals surface area contributed by atoms with E-state index in [2.05, 4.69) is 4.98 Å². The van der Waals surface area contributed by atoms with Crippen LogP contribution in [0.4, 0.5) is 4.79 Å². The van der Waals surface area contributed by atoms with Crippen molar-refractivity contribution in [2.45, 2.75) is 25.4 Å². The quantitative estimate of drug-likeness (QED) is 0.656. The van der Waals surface area contributed by atoms with Gasteiger partial charge in [-0.2, -0.15) is 0 Å². The lowest BCUT2D eigenvalue weighted by Crippen LogP contribution is -2.47. The maximum absolute atomic E-state index is 12.7. The first-order valence-electron chi connectivity index (χ1n) is 9.20. The Morgan fingerprint density at radius 3 is 2.50 bits per heavy atom. The number of hydrogen-bond donors (Lipinski definition) is 0. The number of rotatable bonds is 3. The number of hydrogen-bond acceptors (Lipinski definition) is 6. The molecule has 2 amide bonds. The molecule has 28 heavy (non-hydrogen) atoms. The van der Waals surface area contributed by atoms with Crippen LogP contribution in [0.25, 0.3) is 11.2 Å². The highest BCUT2D eigenvalue weighted by molar-refractivity contribution is 5.79. The minimum Gasteiger partial charge on any atom is -0.448 e. The highest BCUT2D eigenvalue weighted by Crippen LogP contribution is 2.20. The van der Waals surface area contributed by atoms with Crippen molar-refractivity contribution in [2.24, 2.45) is 14.1 Å². The molecule has 11 heteroatoms. The zero-order chi connectivity index (χ0) is 20.0. The largest absolute Gasteiger partial charge is 0.448 e. The summed E-state index contributed by atoms with van der Waals surface area (Å²) in [7, 11) is 2.94. The summed E-state index contributed by atoms with van der Waals surface area (Å²) in [6, 6.07) is 0.0925. The van der Waals surface area contributed by atoms with Crippen LogP contribution in [0.3, 0.4) is 0 Å². The fourth-order valence-electron chi connectivity index (χ4n) is 3.93. The number of fused-ring (bicyclic) bond motifs is 1. The summed E-state index contributed by atoms with van der Waals surface area (Å²) < 4.78 is 8.77. The molecule has 0 saturated carbocycles. The van der Waals surface area contributed by atoms with E-state index in [1.54, 1.807) is 9.80 Å². The molecule has 2 aliphatic heterocycles. The number of ether oxygens (including phenoxy) is 1. The molecule has 0 radical (unpaired) electrons. The van der Waals surface area contributed by atoms with E-state index < -0.39 is 11.2 Å². The molecule has 2 fully saturated rings. The van der Waals surface area contributed by atoms with E-state index >= 15 is 0 Å². The summed E-state index contributed by atoms with van der Waals surface area (Å²) in [4.78, 5) is 56.5. The van der Waals surface area contributed by atoms with Crippen molar-refractivity contribution in [3.63, 3.8) is 0 Å². The van der Waals surface area contributed by atoms with Crippen LogP contribution >= 0.6 is 0 Å². The van der Waals surface area contributed by atoms with E-state index in [4.69, 9.17) is 4.74 Å². The van der Waals surface area contributed by atoms with Crippen LogP contribution in [0.5, 0.6) is 0 Å². The van der Waals surface area contributed by atoms with Gasteiger partial charge in [-0.25, -0.2) is 14.6 Å². The monoisotopic (exact) mass is 390 g/mol. The number of piperidine rings is 1. The average molecular weight is 390 g/mol. The predicted octanol–water partition coefficient (Wildman–Crippen LogP) is -1.12. The fourth-order valence-corrected chi connectivity index (χ4v) is 3.93. The smallest absolute Gasteiger partial charge is 0.410 e. The fraction of sp³-hybridized carbons (Fsp3) is 0.588. The van der Waals surface area contributed by atoms with Gasteiger partial charge in [0.1, 0.15) is 13.2 Å². The van der Waals surface area contributed by atoms with E-state index in [9.17, 15) is 19.2 Å². The summed E-state index contributed by atoms with van der Waals surface area (Å²) in [6.07, 6.45) is 2.52. The Balaban J connectivity index is 1.48. The minimum atomic E-state index is -0.477. The third kappa shape index (κ3) is 2.86. The molecule has 11 nitrogen and oxygen atoms in total. The van der Waals surface area contributed by atoms with Crippen molar-refractivity contribution in [3.05, 3.63) is 27.2 Å². The first kappa shape index (κ1) is 18.3. The lowest BCUT2D eigenvalue weighted by atomic mass is 10.0. The van der Waals surface area contributed by atoms with Crippen molar-refractivity contribution in [3.8, 4) is 0 Å². The Kier molecular flexibility index (Phi) is 4.44. The second-order valence-electron chi connectivity index (χ2n) is 7.17. The van der Waals surface area contributed by atoms with Crippen LogP contribution in [-0.2, 0) is 30.2 Å². The molecule has 0 unspecified atom stereocenters. The molecule has 2 aromatic heterocycles. The molecule has 2 saturated heterocycles. The predicted molar refractivity (Wildman–Crippen MR) is 97.9 cm³/mol. The van der Waals surface area contributed by atoms with Gasteiger partial charge in [-0.1, -0.05) is 0 Å². The number of carbonyl (C=O) groups excluding carboxylic acids is 2. The SMILES string of the molecule is Cn1c(=O)c2c(ncn2CC(=O)N2CCC(N3CCOC3=O)CC2)n(C)c1=O. The van der Waals surface area contributed by atoms with Crippen molar-refractivity contribution in [1.29, 1.82) is 0 Å². The van der Waals surface area contributed by atoms with Gasteiger partial charge in [-0.15, -0.1) is 0 Å². The van der Waals surface area contributed by atoms with Crippen LogP contribution in [0.2, 0.25) is 0 Å². The number of likely N-dealkylation sites (tertiary alicyclic amines) is 1. The Hall–Kier alpha value is -3.11. The van der Waals surface area contributed by atoms with Gasteiger partial charge in [0, 0.05) is 33.2 Å². The normalized spacial score (nSPS) is 18.1. The number of aromatic nitrogens is 4. The zero-order valence-electron chi connectivity index (χ0n) is 15.8. The van der Waals surface area contributed by atoms with E-state index in [0.717, 1.165) is 4.57 Å². The van der Waals surface area contributed by atoms with Crippen molar-refractivity contribution in [1.82, 2.24) is 28.5 Å². The molecule has 0 aliphatic carbocycles. The summed E-state index contributed by atoms with van der Waals surface area (Å²) in [6.45, 7) is 2.07. The van der Waals surface area contributed by atoms with Gasteiger partial charge >= 0.3 is 11.8 Å². The number of nitrogens with zero attached hydrogens (tertiary/aromatic N) is 6.